The zero-order valence-corrected chi connectivity index (χ0v) is 17.4. The fraction of sp³-hybridized carbons (Fsp3) is 0.381. The van der Waals surface area contributed by atoms with E-state index in [-0.39, 0.29) is 24.9 Å². The molecule has 0 atom stereocenters. The standard InChI is InChI=1S/C21H24ClN3O4/c1-12(2)29-18-13(3)23-19-17(16(18)11-14-5-7-15(22)8-6-14)20(27)25(9-4-10-26)21(28)24-19/h5-8,12,26H,4,9-11H2,1-3H3,(H,23,24,28). The van der Waals surface area contributed by atoms with Gasteiger partial charge in [-0.15, -0.1) is 0 Å². The molecule has 0 amide bonds. The van der Waals surface area contributed by atoms with Crippen molar-refractivity contribution in [3.8, 4) is 5.75 Å². The molecule has 0 saturated carbocycles. The van der Waals surface area contributed by atoms with Crippen molar-refractivity contribution in [3.05, 3.63) is 66.9 Å². The van der Waals surface area contributed by atoms with E-state index in [1.165, 1.54) is 0 Å². The summed E-state index contributed by atoms with van der Waals surface area (Å²) in [7, 11) is 0. The quantitative estimate of drug-likeness (QED) is 0.616. The molecule has 2 aromatic heterocycles. The van der Waals surface area contributed by atoms with E-state index in [4.69, 9.17) is 21.4 Å². The average Bonchev–Trinajstić information content (AvgIpc) is 2.65. The second-order valence-corrected chi connectivity index (χ2v) is 7.60. The topological polar surface area (TPSA) is 97.2 Å². The van der Waals surface area contributed by atoms with E-state index >= 15 is 0 Å². The Morgan fingerprint density at radius 1 is 1.24 bits per heavy atom. The van der Waals surface area contributed by atoms with Gasteiger partial charge in [0, 0.05) is 30.2 Å². The average molecular weight is 418 g/mol. The SMILES string of the molecule is Cc1nc2[nH]c(=O)n(CCCO)c(=O)c2c(Cc2ccc(Cl)cc2)c1OC(C)C. The fourth-order valence-electron chi connectivity index (χ4n) is 3.27. The van der Waals surface area contributed by atoms with Crippen LogP contribution < -0.4 is 16.0 Å². The van der Waals surface area contributed by atoms with Crippen LogP contribution in [0.3, 0.4) is 0 Å². The molecule has 0 saturated heterocycles. The minimum absolute atomic E-state index is 0.115. The number of aliphatic hydroxyl groups is 1. The fourth-order valence-corrected chi connectivity index (χ4v) is 3.39. The maximum Gasteiger partial charge on any atom is 0.329 e. The van der Waals surface area contributed by atoms with Crippen molar-refractivity contribution in [2.24, 2.45) is 0 Å². The van der Waals surface area contributed by atoms with Gasteiger partial charge in [0.25, 0.3) is 5.56 Å². The van der Waals surface area contributed by atoms with Gasteiger partial charge in [-0.3, -0.25) is 14.3 Å². The molecule has 0 bridgehead atoms. The van der Waals surface area contributed by atoms with Crippen molar-refractivity contribution in [3.63, 3.8) is 0 Å². The largest absolute Gasteiger partial charge is 0.489 e. The number of nitrogens with one attached hydrogen (secondary N) is 1. The van der Waals surface area contributed by atoms with Crippen LogP contribution in [-0.4, -0.2) is 32.4 Å². The molecule has 0 aliphatic rings. The minimum Gasteiger partial charge on any atom is -0.489 e. The maximum atomic E-state index is 13.2. The van der Waals surface area contributed by atoms with Gasteiger partial charge in [-0.25, -0.2) is 9.78 Å². The molecule has 0 aliphatic heterocycles. The van der Waals surface area contributed by atoms with Crippen molar-refractivity contribution in [1.29, 1.82) is 0 Å². The van der Waals surface area contributed by atoms with E-state index in [1.54, 1.807) is 19.1 Å². The summed E-state index contributed by atoms with van der Waals surface area (Å²) in [5.74, 6) is 0.542. The molecular formula is C21H24ClN3O4. The number of aromatic nitrogens is 3. The van der Waals surface area contributed by atoms with E-state index in [2.05, 4.69) is 9.97 Å². The van der Waals surface area contributed by atoms with Crippen LogP contribution in [-0.2, 0) is 13.0 Å². The Morgan fingerprint density at radius 3 is 2.55 bits per heavy atom. The van der Waals surface area contributed by atoms with Crippen molar-refractivity contribution >= 4 is 22.6 Å². The van der Waals surface area contributed by atoms with Crippen LogP contribution in [0, 0.1) is 6.92 Å². The molecule has 0 unspecified atom stereocenters. The molecule has 0 radical (unpaired) electrons. The number of pyridine rings is 1. The minimum atomic E-state index is -0.544. The van der Waals surface area contributed by atoms with Crippen LogP contribution in [0.4, 0.5) is 0 Å². The molecule has 3 rings (SSSR count). The number of fused-ring (bicyclic) bond motifs is 1. The van der Waals surface area contributed by atoms with Crippen molar-refractivity contribution in [2.45, 2.75) is 46.3 Å². The molecule has 0 fully saturated rings. The lowest BCUT2D eigenvalue weighted by Crippen LogP contribution is -2.36. The van der Waals surface area contributed by atoms with Crippen molar-refractivity contribution < 1.29 is 9.84 Å². The van der Waals surface area contributed by atoms with Crippen molar-refractivity contribution in [2.75, 3.05) is 6.61 Å². The molecule has 7 nitrogen and oxygen atoms in total. The summed E-state index contributed by atoms with van der Waals surface area (Å²) in [6.45, 7) is 5.60. The van der Waals surface area contributed by atoms with Crippen LogP contribution in [0.1, 0.15) is 37.1 Å². The normalized spacial score (nSPS) is 11.4. The number of rotatable bonds is 7. The highest BCUT2D eigenvalue weighted by molar-refractivity contribution is 6.30. The maximum absolute atomic E-state index is 13.2. The Bertz CT molecular complexity index is 1130. The lowest BCUT2D eigenvalue weighted by molar-refractivity contribution is 0.238. The van der Waals surface area contributed by atoms with E-state index in [1.807, 2.05) is 26.0 Å². The highest BCUT2D eigenvalue weighted by Crippen LogP contribution is 2.30. The molecule has 0 spiro atoms. The molecule has 2 heterocycles. The summed E-state index contributed by atoms with van der Waals surface area (Å²) >= 11 is 6.00. The molecule has 1 aromatic carbocycles. The molecule has 8 heteroatoms. The zero-order valence-electron chi connectivity index (χ0n) is 16.7. The summed E-state index contributed by atoms with van der Waals surface area (Å²) in [6.07, 6.45) is 0.604. The number of halogens is 1. The van der Waals surface area contributed by atoms with Gasteiger partial charge < -0.3 is 9.84 Å². The lowest BCUT2D eigenvalue weighted by atomic mass is 10.0. The summed E-state index contributed by atoms with van der Waals surface area (Å²) in [5, 5.41) is 10.0. The predicted molar refractivity (Wildman–Crippen MR) is 113 cm³/mol. The summed E-state index contributed by atoms with van der Waals surface area (Å²) in [5.41, 5.74) is 1.46. The highest BCUT2D eigenvalue weighted by atomic mass is 35.5. The van der Waals surface area contributed by atoms with E-state index in [9.17, 15) is 9.59 Å². The zero-order chi connectivity index (χ0) is 21.1. The van der Waals surface area contributed by atoms with Crippen LogP contribution in [0.25, 0.3) is 11.0 Å². The Hall–Kier alpha value is -2.64. The number of hydrogen-bond donors (Lipinski definition) is 2. The number of aryl methyl sites for hydroxylation is 1. The molecular weight excluding hydrogens is 394 g/mol. The second-order valence-electron chi connectivity index (χ2n) is 7.16. The van der Waals surface area contributed by atoms with Gasteiger partial charge in [-0.1, -0.05) is 23.7 Å². The summed E-state index contributed by atoms with van der Waals surface area (Å²) in [6, 6.07) is 7.35. The molecule has 154 valence electrons. The van der Waals surface area contributed by atoms with E-state index < -0.39 is 11.2 Å². The molecule has 29 heavy (non-hydrogen) atoms. The van der Waals surface area contributed by atoms with Gasteiger partial charge in [-0.05, 0) is 44.9 Å². The first-order chi connectivity index (χ1) is 13.8. The van der Waals surface area contributed by atoms with Crippen LogP contribution in [0.15, 0.2) is 33.9 Å². The first-order valence-corrected chi connectivity index (χ1v) is 9.88. The number of aromatic amines is 1. The van der Waals surface area contributed by atoms with Crippen LogP contribution >= 0.6 is 11.6 Å². The van der Waals surface area contributed by atoms with Crippen LogP contribution in [0.5, 0.6) is 5.75 Å². The Kier molecular flexibility index (Phi) is 6.39. The number of ether oxygens (including phenoxy) is 1. The van der Waals surface area contributed by atoms with Gasteiger partial charge in [-0.2, -0.15) is 0 Å². The number of aliphatic hydroxyl groups excluding tert-OH is 1. The molecule has 0 aliphatic carbocycles. The van der Waals surface area contributed by atoms with Gasteiger partial charge in [0.2, 0.25) is 0 Å². The molecule has 2 N–H and O–H groups in total. The summed E-state index contributed by atoms with van der Waals surface area (Å²) in [4.78, 5) is 32.7. The first-order valence-electron chi connectivity index (χ1n) is 9.50. The third-order valence-electron chi connectivity index (χ3n) is 4.54. The number of benzene rings is 1. The Balaban J connectivity index is 2.30. The summed E-state index contributed by atoms with van der Waals surface area (Å²) < 4.78 is 7.11. The van der Waals surface area contributed by atoms with Gasteiger partial charge >= 0.3 is 5.69 Å². The number of hydrogen-bond acceptors (Lipinski definition) is 5. The van der Waals surface area contributed by atoms with E-state index in [0.717, 1.165) is 10.1 Å². The van der Waals surface area contributed by atoms with Crippen LogP contribution in [0.2, 0.25) is 5.02 Å². The van der Waals surface area contributed by atoms with Gasteiger partial charge in [0.15, 0.2) is 0 Å². The van der Waals surface area contributed by atoms with Gasteiger partial charge in [0.1, 0.15) is 11.4 Å². The smallest absolute Gasteiger partial charge is 0.329 e. The third kappa shape index (κ3) is 4.52. The molecule has 3 aromatic rings. The number of nitrogens with zero attached hydrogens (tertiary/aromatic N) is 2. The monoisotopic (exact) mass is 417 g/mol. The van der Waals surface area contributed by atoms with E-state index in [0.29, 0.717) is 40.3 Å². The second kappa shape index (κ2) is 8.80. The lowest BCUT2D eigenvalue weighted by Gasteiger charge is -2.19. The Morgan fingerprint density at radius 2 is 1.93 bits per heavy atom. The Labute approximate surface area is 172 Å². The predicted octanol–water partition coefficient (Wildman–Crippen LogP) is 2.81. The van der Waals surface area contributed by atoms with Gasteiger partial charge in [0.05, 0.1) is 17.2 Å². The first kappa shape index (κ1) is 21.1. The third-order valence-corrected chi connectivity index (χ3v) is 4.79. The number of H-pyrrole nitrogens is 1. The highest BCUT2D eigenvalue weighted by Gasteiger charge is 2.21. The van der Waals surface area contributed by atoms with Crippen molar-refractivity contribution in [1.82, 2.24) is 14.5 Å².